The third-order valence-electron chi connectivity index (χ3n) is 10.3. The van der Waals surface area contributed by atoms with Crippen molar-refractivity contribution < 1.29 is 12.9 Å². The van der Waals surface area contributed by atoms with Gasteiger partial charge in [0.2, 0.25) is 27.6 Å². The molecule has 1 aliphatic heterocycles. The molecule has 0 spiro atoms. The SMILES string of the molecule is C[C@@H](Nc1nc(-c2noc(=O)[nH]2)nc2nc(N3CCN(S(C)(=O)=O)C[C@H]3c3ccccc3)n(C[C@H]3CC[C@H](C)CC3)c12)C1CCC1. The van der Waals surface area contributed by atoms with Crippen LogP contribution in [-0.4, -0.2) is 74.3 Å². The van der Waals surface area contributed by atoms with E-state index in [1.807, 2.05) is 30.3 Å². The molecular formula is C32H43N9O4S. The number of H-pyrrole nitrogens is 1. The van der Waals surface area contributed by atoms with Crippen molar-refractivity contribution in [3.05, 3.63) is 46.4 Å². The van der Waals surface area contributed by atoms with Crippen LogP contribution in [0.2, 0.25) is 0 Å². The smallest absolute Gasteiger partial charge is 0.365 e. The molecule has 4 aromatic rings. The fraction of sp³-hybridized carbons (Fsp3) is 0.594. The number of imidazole rings is 1. The Bertz CT molecular complexity index is 1840. The number of sulfonamides is 1. The molecule has 4 heterocycles. The summed E-state index contributed by atoms with van der Waals surface area (Å²) in [5, 5.41) is 7.58. The van der Waals surface area contributed by atoms with Crippen LogP contribution in [0.3, 0.4) is 0 Å². The summed E-state index contributed by atoms with van der Waals surface area (Å²) in [5.74, 6) is 2.82. The van der Waals surface area contributed by atoms with Gasteiger partial charge in [-0.05, 0) is 55.9 Å². The van der Waals surface area contributed by atoms with Gasteiger partial charge in [-0.3, -0.25) is 9.51 Å². The van der Waals surface area contributed by atoms with Crippen LogP contribution in [0.4, 0.5) is 11.8 Å². The van der Waals surface area contributed by atoms with Crippen LogP contribution < -0.4 is 16.0 Å². The van der Waals surface area contributed by atoms with Gasteiger partial charge in [-0.25, -0.2) is 23.2 Å². The number of nitrogens with one attached hydrogen (secondary N) is 2. The zero-order valence-corrected chi connectivity index (χ0v) is 27.5. The zero-order valence-electron chi connectivity index (χ0n) is 26.7. The van der Waals surface area contributed by atoms with E-state index < -0.39 is 15.8 Å². The van der Waals surface area contributed by atoms with E-state index in [9.17, 15) is 13.2 Å². The molecule has 1 aromatic carbocycles. The Morgan fingerprint density at radius 3 is 2.46 bits per heavy atom. The Morgan fingerprint density at radius 2 is 1.80 bits per heavy atom. The maximum atomic E-state index is 12.7. The van der Waals surface area contributed by atoms with Gasteiger partial charge < -0.3 is 14.8 Å². The minimum atomic E-state index is -3.39. The largest absolute Gasteiger partial charge is 0.439 e. The van der Waals surface area contributed by atoms with E-state index in [0.717, 1.165) is 42.3 Å². The number of hydrogen-bond donors (Lipinski definition) is 2. The van der Waals surface area contributed by atoms with Gasteiger partial charge in [0, 0.05) is 32.2 Å². The quantitative estimate of drug-likeness (QED) is 0.266. The first-order chi connectivity index (χ1) is 22.1. The van der Waals surface area contributed by atoms with Crippen LogP contribution >= 0.6 is 0 Å². The molecule has 46 heavy (non-hydrogen) atoms. The summed E-state index contributed by atoms with van der Waals surface area (Å²) in [6.45, 7) is 6.40. The molecule has 7 rings (SSSR count). The van der Waals surface area contributed by atoms with Crippen molar-refractivity contribution in [3.63, 3.8) is 0 Å². The fourth-order valence-corrected chi connectivity index (χ4v) is 8.08. The standard InChI is InChI=1S/C32H43N9O4S/c1-20-12-14-22(15-13-20)18-41-26-27(33-21(2)23-10-7-11-23)34-29(30-37-32(42)45-38-30)35-28(26)36-31(41)40-17-16-39(46(3,43)44)19-25(40)24-8-5-4-6-9-24/h4-6,8-9,20-23,25H,7,10-19H2,1-3H3,(H,33,34,35)(H,37,38,42)/t20-,21-,22-,25+/m1/s1. The maximum Gasteiger partial charge on any atom is 0.439 e. The maximum absolute atomic E-state index is 12.7. The summed E-state index contributed by atoms with van der Waals surface area (Å²) in [5.41, 5.74) is 2.32. The lowest BCUT2D eigenvalue weighted by Crippen LogP contribution is -2.51. The van der Waals surface area contributed by atoms with Crippen LogP contribution in [-0.2, 0) is 16.6 Å². The van der Waals surface area contributed by atoms with Gasteiger partial charge in [0.1, 0.15) is 5.52 Å². The number of benzene rings is 1. The van der Waals surface area contributed by atoms with Gasteiger partial charge in [-0.1, -0.05) is 61.7 Å². The van der Waals surface area contributed by atoms with Gasteiger partial charge >= 0.3 is 5.76 Å². The van der Waals surface area contributed by atoms with Gasteiger partial charge in [-0.15, -0.1) is 0 Å². The second kappa shape index (κ2) is 12.4. The van der Waals surface area contributed by atoms with Gasteiger partial charge in [0.05, 0.1) is 12.3 Å². The summed E-state index contributed by atoms with van der Waals surface area (Å²) in [6.07, 6.45) is 9.47. The number of rotatable bonds is 9. The predicted molar refractivity (Wildman–Crippen MR) is 176 cm³/mol. The van der Waals surface area contributed by atoms with Crippen molar-refractivity contribution >= 4 is 33.0 Å². The molecule has 2 atom stereocenters. The average Bonchev–Trinajstić information content (AvgIpc) is 3.60. The number of aromatic amines is 1. The Hall–Kier alpha value is -3.78. The van der Waals surface area contributed by atoms with Crippen molar-refractivity contribution in [2.45, 2.75) is 77.4 Å². The van der Waals surface area contributed by atoms with Gasteiger partial charge in [-0.2, -0.15) is 9.29 Å². The van der Waals surface area contributed by atoms with Crippen molar-refractivity contribution in [1.29, 1.82) is 0 Å². The second-order valence-electron chi connectivity index (χ2n) is 13.5. The van der Waals surface area contributed by atoms with Crippen molar-refractivity contribution in [2.24, 2.45) is 17.8 Å². The van der Waals surface area contributed by atoms with Crippen molar-refractivity contribution in [3.8, 4) is 11.6 Å². The summed E-state index contributed by atoms with van der Waals surface area (Å²) in [7, 11) is -3.39. The lowest BCUT2D eigenvalue weighted by molar-refractivity contribution is 0.265. The molecule has 3 aliphatic rings. The molecule has 0 amide bonds. The predicted octanol–water partition coefficient (Wildman–Crippen LogP) is 4.42. The van der Waals surface area contributed by atoms with E-state index in [4.69, 9.17) is 19.5 Å². The highest BCUT2D eigenvalue weighted by Gasteiger charge is 2.37. The number of piperazine rings is 1. The number of hydrogen-bond acceptors (Lipinski definition) is 10. The second-order valence-corrected chi connectivity index (χ2v) is 15.5. The molecule has 246 valence electrons. The lowest BCUT2D eigenvalue weighted by Gasteiger charge is -2.41. The molecule has 1 saturated heterocycles. The summed E-state index contributed by atoms with van der Waals surface area (Å²) < 4.78 is 34.1. The normalized spacial score (nSPS) is 23.8. The Labute approximate surface area is 268 Å². The molecule has 13 nitrogen and oxygen atoms in total. The minimum absolute atomic E-state index is 0.146. The van der Waals surface area contributed by atoms with Crippen LogP contribution in [0.5, 0.6) is 0 Å². The van der Waals surface area contributed by atoms with E-state index in [2.05, 4.69) is 38.8 Å². The Balaban J connectivity index is 1.39. The highest BCUT2D eigenvalue weighted by atomic mass is 32.2. The minimum Gasteiger partial charge on any atom is -0.365 e. The van der Waals surface area contributed by atoms with Crippen LogP contribution in [0.25, 0.3) is 22.8 Å². The third-order valence-corrected chi connectivity index (χ3v) is 11.6. The first kappa shape index (κ1) is 30.9. The van der Waals surface area contributed by atoms with E-state index >= 15 is 0 Å². The molecule has 14 heteroatoms. The first-order valence-electron chi connectivity index (χ1n) is 16.5. The molecule has 3 aromatic heterocycles. The molecule has 2 saturated carbocycles. The number of fused-ring (bicyclic) bond motifs is 1. The Kier molecular flexibility index (Phi) is 8.34. The number of anilines is 2. The monoisotopic (exact) mass is 649 g/mol. The lowest BCUT2D eigenvalue weighted by atomic mass is 9.80. The van der Waals surface area contributed by atoms with Crippen LogP contribution in [0.1, 0.15) is 70.4 Å². The van der Waals surface area contributed by atoms with E-state index in [1.54, 1.807) is 4.31 Å². The number of nitrogens with zero attached hydrogens (tertiary/aromatic N) is 7. The van der Waals surface area contributed by atoms with E-state index in [0.29, 0.717) is 42.9 Å². The zero-order chi connectivity index (χ0) is 32.0. The fourth-order valence-electron chi connectivity index (χ4n) is 7.25. The molecule has 0 radical (unpaired) electrons. The van der Waals surface area contributed by atoms with Crippen LogP contribution in [0.15, 0.2) is 39.6 Å². The molecule has 0 bridgehead atoms. The first-order valence-corrected chi connectivity index (χ1v) is 18.4. The summed E-state index contributed by atoms with van der Waals surface area (Å²) in [6, 6.07) is 9.95. The molecular weight excluding hydrogens is 606 g/mol. The average molecular weight is 650 g/mol. The summed E-state index contributed by atoms with van der Waals surface area (Å²) >= 11 is 0. The van der Waals surface area contributed by atoms with E-state index in [1.165, 1.54) is 38.4 Å². The highest BCUT2D eigenvalue weighted by molar-refractivity contribution is 7.88. The molecule has 3 fully saturated rings. The van der Waals surface area contributed by atoms with Crippen LogP contribution in [0, 0.1) is 17.8 Å². The topological polar surface area (TPSA) is 155 Å². The third kappa shape index (κ3) is 6.16. The van der Waals surface area contributed by atoms with E-state index in [-0.39, 0.29) is 23.7 Å². The molecule has 2 N–H and O–H groups in total. The van der Waals surface area contributed by atoms with Gasteiger partial charge in [0.25, 0.3) is 0 Å². The summed E-state index contributed by atoms with van der Waals surface area (Å²) in [4.78, 5) is 31.7. The molecule has 0 unspecified atom stereocenters. The Morgan fingerprint density at radius 1 is 1.04 bits per heavy atom. The van der Waals surface area contributed by atoms with Gasteiger partial charge in [0.15, 0.2) is 11.5 Å². The van der Waals surface area contributed by atoms with Crippen molar-refractivity contribution in [1.82, 2.24) is 34.0 Å². The van der Waals surface area contributed by atoms with Crippen molar-refractivity contribution in [2.75, 3.05) is 36.1 Å². The number of aromatic nitrogens is 6. The highest BCUT2D eigenvalue weighted by Crippen LogP contribution is 2.39. The molecule has 2 aliphatic carbocycles.